The van der Waals surface area contributed by atoms with Gasteiger partial charge in [-0.1, -0.05) is 6.92 Å². The molecule has 3 atom stereocenters. The third-order valence-corrected chi connectivity index (χ3v) is 3.67. The average molecular weight is 226 g/mol. The molecule has 2 saturated heterocycles. The molecule has 16 heavy (non-hydrogen) atoms. The third-order valence-electron chi connectivity index (χ3n) is 3.67. The van der Waals surface area contributed by atoms with Crippen molar-refractivity contribution in [3.63, 3.8) is 0 Å². The molecule has 1 amide bonds. The number of rotatable bonds is 3. The maximum atomic E-state index is 11.5. The molecule has 2 aliphatic heterocycles. The highest BCUT2D eigenvalue weighted by atomic mass is 16.5. The van der Waals surface area contributed by atoms with Gasteiger partial charge in [-0.3, -0.25) is 4.79 Å². The van der Waals surface area contributed by atoms with E-state index in [1.165, 1.54) is 0 Å². The molecule has 0 aliphatic carbocycles. The van der Waals surface area contributed by atoms with Crippen molar-refractivity contribution in [1.82, 2.24) is 10.2 Å². The number of nitrogens with zero attached hydrogens (tertiary/aromatic N) is 1. The number of likely N-dealkylation sites (tertiary alicyclic amines) is 1. The van der Waals surface area contributed by atoms with Gasteiger partial charge in [0.25, 0.3) is 0 Å². The molecule has 4 nitrogen and oxygen atoms in total. The second kappa shape index (κ2) is 5.15. The van der Waals surface area contributed by atoms with E-state index in [9.17, 15) is 4.79 Å². The highest BCUT2D eigenvalue weighted by Gasteiger charge is 2.30. The highest BCUT2D eigenvalue weighted by molar-refractivity contribution is 5.76. The van der Waals surface area contributed by atoms with Crippen molar-refractivity contribution in [2.24, 2.45) is 0 Å². The SMILES string of the molecule is CCC(=O)N1CCC(NC2CCOC2C)C1. The van der Waals surface area contributed by atoms with E-state index in [4.69, 9.17) is 4.74 Å². The van der Waals surface area contributed by atoms with Gasteiger partial charge in [-0.15, -0.1) is 0 Å². The van der Waals surface area contributed by atoms with Gasteiger partial charge in [-0.2, -0.15) is 0 Å². The molecule has 2 rings (SSSR count). The van der Waals surface area contributed by atoms with E-state index in [2.05, 4.69) is 12.2 Å². The first-order chi connectivity index (χ1) is 7.70. The van der Waals surface area contributed by atoms with Crippen molar-refractivity contribution in [2.75, 3.05) is 19.7 Å². The predicted octanol–water partition coefficient (Wildman–Crippen LogP) is 0.764. The number of carbonyl (C=O) groups excluding carboxylic acids is 1. The molecule has 0 bridgehead atoms. The summed E-state index contributed by atoms with van der Waals surface area (Å²) in [6.45, 7) is 6.69. The Balaban J connectivity index is 1.78. The molecule has 0 aromatic carbocycles. The molecule has 3 unspecified atom stereocenters. The summed E-state index contributed by atoms with van der Waals surface area (Å²) in [7, 11) is 0. The number of ether oxygens (including phenoxy) is 1. The minimum absolute atomic E-state index is 0.278. The number of nitrogens with one attached hydrogen (secondary N) is 1. The van der Waals surface area contributed by atoms with Crippen LogP contribution in [-0.4, -0.2) is 48.7 Å². The van der Waals surface area contributed by atoms with Gasteiger partial charge in [0, 0.05) is 38.2 Å². The molecule has 1 N–H and O–H groups in total. The van der Waals surface area contributed by atoms with Crippen molar-refractivity contribution in [3.8, 4) is 0 Å². The van der Waals surface area contributed by atoms with Gasteiger partial charge >= 0.3 is 0 Å². The Labute approximate surface area is 97.3 Å². The Hall–Kier alpha value is -0.610. The first-order valence-electron chi connectivity index (χ1n) is 6.36. The zero-order valence-corrected chi connectivity index (χ0v) is 10.2. The monoisotopic (exact) mass is 226 g/mol. The van der Waals surface area contributed by atoms with Crippen molar-refractivity contribution < 1.29 is 9.53 Å². The topological polar surface area (TPSA) is 41.6 Å². The molecule has 0 spiro atoms. The Morgan fingerprint density at radius 3 is 2.94 bits per heavy atom. The minimum Gasteiger partial charge on any atom is -0.377 e. The van der Waals surface area contributed by atoms with Gasteiger partial charge in [0.2, 0.25) is 5.91 Å². The maximum absolute atomic E-state index is 11.5. The Morgan fingerprint density at radius 1 is 1.50 bits per heavy atom. The molecule has 0 aromatic heterocycles. The van der Waals surface area contributed by atoms with Gasteiger partial charge in [0.05, 0.1) is 6.10 Å². The van der Waals surface area contributed by atoms with Crippen LogP contribution < -0.4 is 5.32 Å². The lowest BCUT2D eigenvalue weighted by Crippen LogP contribution is -2.43. The van der Waals surface area contributed by atoms with Crippen LogP contribution in [0.1, 0.15) is 33.1 Å². The summed E-state index contributed by atoms with van der Waals surface area (Å²) >= 11 is 0. The van der Waals surface area contributed by atoms with Gasteiger partial charge in [-0.05, 0) is 19.8 Å². The Bertz CT molecular complexity index is 257. The average Bonchev–Trinajstić information content (AvgIpc) is 2.89. The van der Waals surface area contributed by atoms with Crippen molar-refractivity contribution in [1.29, 1.82) is 0 Å². The summed E-state index contributed by atoms with van der Waals surface area (Å²) in [5, 5.41) is 3.62. The fraction of sp³-hybridized carbons (Fsp3) is 0.917. The van der Waals surface area contributed by atoms with Gasteiger partial charge in [0.15, 0.2) is 0 Å². The Morgan fingerprint density at radius 2 is 2.31 bits per heavy atom. The maximum Gasteiger partial charge on any atom is 0.222 e. The van der Waals surface area contributed by atoms with Gasteiger partial charge in [-0.25, -0.2) is 0 Å². The molecule has 0 aromatic rings. The summed E-state index contributed by atoms with van der Waals surface area (Å²) < 4.78 is 5.53. The van der Waals surface area contributed by atoms with Crippen LogP contribution in [0.25, 0.3) is 0 Å². The third kappa shape index (κ3) is 2.55. The van der Waals surface area contributed by atoms with E-state index in [1.54, 1.807) is 0 Å². The van der Waals surface area contributed by atoms with Crippen molar-refractivity contribution in [2.45, 2.75) is 51.3 Å². The van der Waals surface area contributed by atoms with Crippen LogP contribution in [0.3, 0.4) is 0 Å². The molecule has 0 radical (unpaired) electrons. The van der Waals surface area contributed by atoms with Gasteiger partial charge in [0.1, 0.15) is 0 Å². The summed E-state index contributed by atoms with van der Waals surface area (Å²) in [4.78, 5) is 13.5. The molecule has 92 valence electrons. The van der Waals surface area contributed by atoms with E-state index >= 15 is 0 Å². The van der Waals surface area contributed by atoms with Crippen LogP contribution in [0.2, 0.25) is 0 Å². The van der Waals surface area contributed by atoms with E-state index in [1.807, 2.05) is 11.8 Å². The molecule has 4 heteroatoms. The second-order valence-electron chi connectivity index (χ2n) is 4.82. The summed E-state index contributed by atoms with van der Waals surface area (Å²) in [5.41, 5.74) is 0. The van der Waals surface area contributed by atoms with Crippen LogP contribution in [0.4, 0.5) is 0 Å². The lowest BCUT2D eigenvalue weighted by atomic mass is 10.1. The normalized spacial score (nSPS) is 34.6. The smallest absolute Gasteiger partial charge is 0.222 e. The lowest BCUT2D eigenvalue weighted by molar-refractivity contribution is -0.129. The zero-order chi connectivity index (χ0) is 11.5. The predicted molar refractivity (Wildman–Crippen MR) is 62.2 cm³/mol. The van der Waals surface area contributed by atoms with Crippen LogP contribution in [-0.2, 0) is 9.53 Å². The van der Waals surface area contributed by atoms with Crippen LogP contribution in [0, 0.1) is 0 Å². The fourth-order valence-corrected chi connectivity index (χ4v) is 2.60. The first-order valence-corrected chi connectivity index (χ1v) is 6.36. The van der Waals surface area contributed by atoms with Crippen LogP contribution in [0.5, 0.6) is 0 Å². The number of hydrogen-bond acceptors (Lipinski definition) is 3. The molecular weight excluding hydrogens is 204 g/mol. The van der Waals surface area contributed by atoms with E-state index < -0.39 is 0 Å². The van der Waals surface area contributed by atoms with Crippen molar-refractivity contribution in [3.05, 3.63) is 0 Å². The quantitative estimate of drug-likeness (QED) is 0.772. The zero-order valence-electron chi connectivity index (χ0n) is 10.2. The summed E-state index contributed by atoms with van der Waals surface area (Å²) in [6, 6.07) is 0.936. The Kier molecular flexibility index (Phi) is 3.82. The standard InChI is InChI=1S/C12H22N2O2/c1-3-12(15)14-6-4-10(8-14)13-11-5-7-16-9(11)2/h9-11,13H,3-8H2,1-2H3. The largest absolute Gasteiger partial charge is 0.377 e. The first kappa shape index (κ1) is 11.9. The van der Waals surface area contributed by atoms with E-state index in [0.717, 1.165) is 32.5 Å². The van der Waals surface area contributed by atoms with E-state index in [0.29, 0.717) is 24.6 Å². The molecular formula is C12H22N2O2. The molecule has 2 aliphatic rings. The molecule has 2 heterocycles. The van der Waals surface area contributed by atoms with Crippen LogP contribution in [0.15, 0.2) is 0 Å². The summed E-state index contributed by atoms with van der Waals surface area (Å²) in [6.07, 6.45) is 3.11. The summed E-state index contributed by atoms with van der Waals surface area (Å²) in [5.74, 6) is 0.278. The van der Waals surface area contributed by atoms with E-state index in [-0.39, 0.29) is 5.91 Å². The fourth-order valence-electron chi connectivity index (χ4n) is 2.60. The number of hydrogen-bond donors (Lipinski definition) is 1. The van der Waals surface area contributed by atoms with Gasteiger partial charge < -0.3 is 15.0 Å². The number of carbonyl (C=O) groups is 1. The molecule has 0 saturated carbocycles. The second-order valence-corrected chi connectivity index (χ2v) is 4.82. The lowest BCUT2D eigenvalue weighted by Gasteiger charge is -2.21. The highest BCUT2D eigenvalue weighted by Crippen LogP contribution is 2.17. The van der Waals surface area contributed by atoms with Crippen molar-refractivity contribution >= 4 is 5.91 Å². The minimum atomic E-state index is 0.278. The van der Waals surface area contributed by atoms with Crippen LogP contribution >= 0.6 is 0 Å². The number of amides is 1. The molecule has 2 fully saturated rings.